The summed E-state index contributed by atoms with van der Waals surface area (Å²) >= 11 is 1.78. The molecule has 0 aliphatic rings. The minimum atomic E-state index is 0.715. The largest absolute Gasteiger partial charge is 0.454 e. The van der Waals surface area contributed by atoms with Crippen LogP contribution in [0.4, 0.5) is 0 Å². The quantitative estimate of drug-likeness (QED) is 0.161. The molecule has 0 atom stereocenters. The highest BCUT2D eigenvalue weighted by atomic mass is 32.1. The fourth-order valence-corrected chi connectivity index (χ4v) is 12.7. The van der Waals surface area contributed by atoms with E-state index in [0.29, 0.717) is 5.76 Å². The molecule has 0 spiro atoms. The van der Waals surface area contributed by atoms with Crippen LogP contribution in [0.2, 0.25) is 0 Å². The number of furan rings is 1. The maximum atomic E-state index is 6.61. The van der Waals surface area contributed by atoms with Crippen LogP contribution in [0.1, 0.15) is 0 Å². The van der Waals surface area contributed by atoms with Crippen LogP contribution in [0.3, 0.4) is 0 Å². The predicted octanol–water partition coefficient (Wildman–Crippen LogP) is 18.8. The van der Waals surface area contributed by atoms with E-state index < -0.39 is 0 Å². The van der Waals surface area contributed by atoms with Crippen LogP contribution in [0, 0.1) is 0 Å². The first-order valence-electron chi connectivity index (χ1n) is 24.9. The van der Waals surface area contributed by atoms with Crippen molar-refractivity contribution in [1.29, 1.82) is 0 Å². The van der Waals surface area contributed by atoms with Crippen LogP contribution in [0.15, 0.2) is 235 Å². The lowest BCUT2D eigenvalue weighted by molar-refractivity contribution is 0.595. The molecule has 5 nitrogen and oxygen atoms in total. The zero-order chi connectivity index (χ0) is 48.4. The Labute approximate surface area is 427 Å². The SMILES string of the molecule is c1cnc2c(c1)ccc1ccc(-c3ccc(-c4ccc5c(c4)c4ccccc4c4c(-c6cc7ccc(-c8ccc(-c9ccc%10c%11ccccc%11c%11ccccc%11c%10c9)s8)nc7c7ncccc67)cccc54)o3)nc12. The minimum absolute atomic E-state index is 0.715. The van der Waals surface area contributed by atoms with E-state index in [1.165, 1.54) is 75.1 Å². The number of aromatic nitrogens is 4. The molecule has 0 saturated carbocycles. The highest BCUT2D eigenvalue weighted by Crippen LogP contribution is 2.46. The molecule has 0 amide bonds. The molecule has 0 aliphatic heterocycles. The summed E-state index contributed by atoms with van der Waals surface area (Å²) in [4.78, 5) is 22.5. The van der Waals surface area contributed by atoms with Crippen molar-refractivity contribution in [3.63, 3.8) is 0 Å². The van der Waals surface area contributed by atoms with Crippen molar-refractivity contribution in [3.8, 4) is 54.9 Å². The Balaban J connectivity index is 0.785. The van der Waals surface area contributed by atoms with E-state index in [0.717, 1.165) is 82.3 Å². The number of fused-ring (bicyclic) bond motifs is 18. The third-order valence-electron chi connectivity index (χ3n) is 15.2. The Hall–Kier alpha value is -9.62. The summed E-state index contributed by atoms with van der Waals surface area (Å²) in [5.74, 6) is 1.50. The lowest BCUT2D eigenvalue weighted by atomic mass is 9.87. The second kappa shape index (κ2) is 15.9. The standard InChI is InChI=1S/C68H38N4OS/c1-2-13-46-44(11-1)45-12-3-4-14-47(45)56-37-42(23-27-49(46)56)62-32-33-63(74-62)59-29-25-43-38-57(54-19-9-35-70-68(54)67(43)72-59)53-18-7-17-52-50-26-22-41(36-55(50)48-15-5-6-16-51(48)64(52)53)60-30-31-61(73-60)58-28-24-40-21-20-39-10-8-34-69-65(39)66(40)71-58/h1-38H. The van der Waals surface area contributed by atoms with Gasteiger partial charge < -0.3 is 4.42 Å². The van der Waals surface area contributed by atoms with E-state index in [1.54, 1.807) is 11.3 Å². The number of nitrogens with zero attached hydrogens (tertiary/aromatic N) is 4. The Morgan fingerprint density at radius 1 is 0.297 bits per heavy atom. The average Bonchev–Trinajstić information content (AvgIpc) is 4.20. The van der Waals surface area contributed by atoms with Gasteiger partial charge >= 0.3 is 0 Å². The van der Waals surface area contributed by atoms with Crippen molar-refractivity contribution in [3.05, 3.63) is 231 Å². The summed E-state index contributed by atoms with van der Waals surface area (Å²) in [6.45, 7) is 0. The van der Waals surface area contributed by atoms with Gasteiger partial charge in [0.1, 0.15) is 11.5 Å². The van der Waals surface area contributed by atoms with Gasteiger partial charge in [0.05, 0.1) is 32.6 Å². The first kappa shape index (κ1) is 41.0. The van der Waals surface area contributed by atoms with Gasteiger partial charge in [-0.05, 0) is 148 Å². The Kier molecular flexibility index (Phi) is 8.84. The summed E-state index contributed by atoms with van der Waals surface area (Å²) < 4.78 is 6.61. The monoisotopic (exact) mass is 958 g/mol. The lowest BCUT2D eigenvalue weighted by Crippen LogP contribution is -1.92. The van der Waals surface area contributed by atoms with Crippen LogP contribution in [0.5, 0.6) is 0 Å². The molecule has 6 heteroatoms. The summed E-state index contributed by atoms with van der Waals surface area (Å²) in [6.07, 6.45) is 3.71. The van der Waals surface area contributed by atoms with Crippen LogP contribution in [-0.4, -0.2) is 19.9 Å². The van der Waals surface area contributed by atoms with Gasteiger partial charge in [-0.2, -0.15) is 0 Å². The molecular formula is C68H38N4OS. The molecule has 74 heavy (non-hydrogen) atoms. The van der Waals surface area contributed by atoms with Gasteiger partial charge in [-0.15, -0.1) is 11.3 Å². The van der Waals surface area contributed by atoms with E-state index in [2.05, 4.69) is 193 Å². The van der Waals surface area contributed by atoms with Crippen molar-refractivity contribution in [2.24, 2.45) is 0 Å². The summed E-state index contributed by atoms with van der Waals surface area (Å²) in [7, 11) is 0. The van der Waals surface area contributed by atoms with Crippen LogP contribution in [0.25, 0.3) is 163 Å². The molecule has 342 valence electrons. The molecule has 10 aromatic carbocycles. The molecule has 0 unspecified atom stereocenters. The highest BCUT2D eigenvalue weighted by Gasteiger charge is 2.20. The van der Waals surface area contributed by atoms with Crippen molar-refractivity contribution in [1.82, 2.24) is 19.9 Å². The minimum Gasteiger partial charge on any atom is -0.454 e. The molecule has 16 aromatic rings. The molecule has 6 heterocycles. The first-order valence-corrected chi connectivity index (χ1v) is 25.7. The summed E-state index contributed by atoms with van der Waals surface area (Å²) in [6, 6.07) is 78.4. The number of hydrogen-bond donors (Lipinski definition) is 0. The number of thiophene rings is 1. The Morgan fingerprint density at radius 3 is 1.61 bits per heavy atom. The van der Waals surface area contributed by atoms with Crippen molar-refractivity contribution >= 4 is 120 Å². The van der Waals surface area contributed by atoms with Crippen molar-refractivity contribution in [2.75, 3.05) is 0 Å². The van der Waals surface area contributed by atoms with Crippen molar-refractivity contribution in [2.45, 2.75) is 0 Å². The first-order chi connectivity index (χ1) is 36.7. The van der Waals surface area contributed by atoms with Gasteiger partial charge in [-0.1, -0.05) is 152 Å². The highest BCUT2D eigenvalue weighted by molar-refractivity contribution is 7.18. The number of hydrogen-bond acceptors (Lipinski definition) is 6. The predicted molar refractivity (Wildman–Crippen MR) is 310 cm³/mol. The molecule has 0 N–H and O–H groups in total. The van der Waals surface area contributed by atoms with Crippen LogP contribution >= 0.6 is 11.3 Å². The van der Waals surface area contributed by atoms with Gasteiger partial charge in [0.25, 0.3) is 0 Å². The number of benzene rings is 10. The molecule has 0 fully saturated rings. The van der Waals surface area contributed by atoms with Gasteiger partial charge in [-0.25, -0.2) is 9.97 Å². The average molecular weight is 959 g/mol. The fraction of sp³-hybridized carbons (Fsp3) is 0. The second-order valence-electron chi connectivity index (χ2n) is 19.2. The van der Waals surface area contributed by atoms with E-state index in [1.807, 2.05) is 42.7 Å². The second-order valence-corrected chi connectivity index (χ2v) is 20.3. The number of rotatable bonds is 5. The third kappa shape index (κ3) is 6.22. The molecular weight excluding hydrogens is 921 g/mol. The van der Waals surface area contributed by atoms with Gasteiger partial charge in [0, 0.05) is 44.4 Å². The topological polar surface area (TPSA) is 64.7 Å². The molecule has 0 aliphatic carbocycles. The Morgan fingerprint density at radius 2 is 0.824 bits per heavy atom. The molecule has 0 bridgehead atoms. The molecule has 6 aromatic heterocycles. The molecule has 0 radical (unpaired) electrons. The van der Waals surface area contributed by atoms with Crippen molar-refractivity contribution < 1.29 is 4.42 Å². The van der Waals surface area contributed by atoms with Crippen LogP contribution < -0.4 is 0 Å². The van der Waals surface area contributed by atoms with E-state index in [9.17, 15) is 0 Å². The van der Waals surface area contributed by atoms with Gasteiger partial charge in [0.2, 0.25) is 0 Å². The van der Waals surface area contributed by atoms with Gasteiger partial charge in [-0.3, -0.25) is 9.97 Å². The number of pyridine rings is 4. The third-order valence-corrected chi connectivity index (χ3v) is 16.3. The smallest absolute Gasteiger partial charge is 0.153 e. The molecule has 16 rings (SSSR count). The zero-order valence-electron chi connectivity index (χ0n) is 39.5. The molecule has 0 saturated heterocycles. The van der Waals surface area contributed by atoms with Gasteiger partial charge in [0.15, 0.2) is 5.76 Å². The maximum absolute atomic E-state index is 6.61. The Bertz CT molecular complexity index is 4990. The maximum Gasteiger partial charge on any atom is 0.153 e. The fourth-order valence-electron chi connectivity index (χ4n) is 11.7. The van der Waals surface area contributed by atoms with E-state index in [-0.39, 0.29) is 0 Å². The normalized spacial score (nSPS) is 12.1. The zero-order valence-corrected chi connectivity index (χ0v) is 40.4. The lowest BCUT2D eigenvalue weighted by Gasteiger charge is -2.17. The van der Waals surface area contributed by atoms with E-state index in [4.69, 9.17) is 19.4 Å². The summed E-state index contributed by atoms with van der Waals surface area (Å²) in [5, 5.41) is 19.0. The van der Waals surface area contributed by atoms with Crippen LogP contribution in [-0.2, 0) is 0 Å². The van der Waals surface area contributed by atoms with E-state index >= 15 is 0 Å². The summed E-state index contributed by atoms with van der Waals surface area (Å²) in [5.41, 5.74) is 9.75.